The van der Waals surface area contributed by atoms with Gasteiger partial charge in [-0.1, -0.05) is 32.9 Å². The van der Waals surface area contributed by atoms with Crippen LogP contribution in [-0.4, -0.2) is 4.98 Å². The lowest BCUT2D eigenvalue weighted by Gasteiger charge is -2.18. The van der Waals surface area contributed by atoms with Crippen molar-refractivity contribution in [3.8, 4) is 11.6 Å². The molecule has 1 heterocycles. The lowest BCUT2D eigenvalue weighted by Crippen LogP contribution is -2.11. The van der Waals surface area contributed by atoms with Crippen molar-refractivity contribution < 1.29 is 4.74 Å². The van der Waals surface area contributed by atoms with Gasteiger partial charge in [0.05, 0.1) is 0 Å². The number of aromatic nitrogens is 1. The van der Waals surface area contributed by atoms with Crippen molar-refractivity contribution in [3.63, 3.8) is 0 Å². The van der Waals surface area contributed by atoms with Crippen molar-refractivity contribution in [2.45, 2.75) is 26.2 Å². The van der Waals surface area contributed by atoms with Crippen molar-refractivity contribution in [3.05, 3.63) is 48.2 Å². The monoisotopic (exact) mass is 242 g/mol. The zero-order chi connectivity index (χ0) is 13.2. The second-order valence-corrected chi connectivity index (χ2v) is 5.31. The topological polar surface area (TPSA) is 48.1 Å². The van der Waals surface area contributed by atoms with E-state index in [1.165, 1.54) is 5.56 Å². The fourth-order valence-electron chi connectivity index (χ4n) is 1.58. The third kappa shape index (κ3) is 3.00. The van der Waals surface area contributed by atoms with Gasteiger partial charge in [0.25, 0.3) is 0 Å². The normalized spacial score (nSPS) is 11.3. The third-order valence-corrected chi connectivity index (χ3v) is 2.68. The lowest BCUT2D eigenvalue weighted by atomic mass is 9.88. The van der Waals surface area contributed by atoms with E-state index in [0.717, 1.165) is 0 Å². The summed E-state index contributed by atoms with van der Waals surface area (Å²) >= 11 is 0. The predicted octanol–water partition coefficient (Wildman–Crippen LogP) is 3.75. The number of hydrogen-bond acceptors (Lipinski definition) is 3. The van der Waals surface area contributed by atoms with Gasteiger partial charge >= 0.3 is 0 Å². The van der Waals surface area contributed by atoms with E-state index in [1.54, 1.807) is 6.07 Å². The van der Waals surface area contributed by atoms with Gasteiger partial charge in [0, 0.05) is 24.0 Å². The van der Waals surface area contributed by atoms with E-state index in [-0.39, 0.29) is 5.41 Å². The Balaban J connectivity index is 2.16. The van der Waals surface area contributed by atoms with Crippen LogP contribution >= 0.6 is 0 Å². The SMILES string of the molecule is CC(C)(C)c1ccc(Oc2cccc(N)c2)nc1. The molecule has 0 atom stereocenters. The maximum Gasteiger partial charge on any atom is 0.219 e. The molecular weight excluding hydrogens is 224 g/mol. The largest absolute Gasteiger partial charge is 0.439 e. The Morgan fingerprint density at radius 3 is 2.44 bits per heavy atom. The molecule has 1 aromatic heterocycles. The molecule has 0 aliphatic heterocycles. The summed E-state index contributed by atoms with van der Waals surface area (Å²) in [6.45, 7) is 6.47. The smallest absolute Gasteiger partial charge is 0.219 e. The number of anilines is 1. The molecule has 0 saturated heterocycles. The Kier molecular flexibility index (Phi) is 3.24. The van der Waals surface area contributed by atoms with Gasteiger partial charge in [-0.3, -0.25) is 0 Å². The number of hydrogen-bond donors (Lipinski definition) is 1. The van der Waals surface area contributed by atoms with Crippen molar-refractivity contribution in [1.29, 1.82) is 0 Å². The van der Waals surface area contributed by atoms with Crippen LogP contribution in [0, 0.1) is 0 Å². The highest BCUT2D eigenvalue weighted by molar-refractivity contribution is 5.44. The van der Waals surface area contributed by atoms with Crippen molar-refractivity contribution >= 4 is 5.69 Å². The number of pyridine rings is 1. The lowest BCUT2D eigenvalue weighted by molar-refractivity contribution is 0.461. The van der Waals surface area contributed by atoms with Crippen LogP contribution in [0.4, 0.5) is 5.69 Å². The van der Waals surface area contributed by atoms with Gasteiger partial charge in [0.1, 0.15) is 5.75 Å². The number of benzene rings is 1. The van der Waals surface area contributed by atoms with Crippen molar-refractivity contribution in [2.75, 3.05) is 5.73 Å². The molecule has 3 heteroatoms. The quantitative estimate of drug-likeness (QED) is 0.816. The van der Waals surface area contributed by atoms with Gasteiger partial charge in [-0.15, -0.1) is 0 Å². The van der Waals surface area contributed by atoms with Gasteiger partial charge in [0.15, 0.2) is 0 Å². The molecule has 0 bridgehead atoms. The summed E-state index contributed by atoms with van der Waals surface area (Å²) < 4.78 is 5.64. The fraction of sp³-hybridized carbons (Fsp3) is 0.267. The van der Waals surface area contributed by atoms with E-state index < -0.39 is 0 Å². The number of rotatable bonds is 2. The number of nitrogens with zero attached hydrogens (tertiary/aromatic N) is 1. The third-order valence-electron chi connectivity index (χ3n) is 2.68. The highest BCUT2D eigenvalue weighted by Crippen LogP contribution is 2.25. The molecule has 0 saturated carbocycles. The zero-order valence-electron chi connectivity index (χ0n) is 11.0. The minimum atomic E-state index is 0.0999. The van der Waals surface area contributed by atoms with Crippen LogP contribution in [0.3, 0.4) is 0 Å². The average Bonchev–Trinajstić information content (AvgIpc) is 2.28. The van der Waals surface area contributed by atoms with Crippen LogP contribution in [0.2, 0.25) is 0 Å². The van der Waals surface area contributed by atoms with Crippen LogP contribution in [0.15, 0.2) is 42.6 Å². The van der Waals surface area contributed by atoms with E-state index in [2.05, 4.69) is 25.8 Å². The van der Waals surface area contributed by atoms with E-state index >= 15 is 0 Å². The maximum absolute atomic E-state index is 5.69. The van der Waals surface area contributed by atoms with Gasteiger partial charge in [0.2, 0.25) is 5.88 Å². The minimum Gasteiger partial charge on any atom is -0.439 e. The second kappa shape index (κ2) is 4.69. The Bertz CT molecular complexity index is 527. The standard InChI is InChI=1S/C15H18N2O/c1-15(2,3)11-7-8-14(17-10-11)18-13-6-4-5-12(16)9-13/h4-10H,16H2,1-3H3. The summed E-state index contributed by atoms with van der Waals surface area (Å²) in [6.07, 6.45) is 1.85. The highest BCUT2D eigenvalue weighted by Gasteiger charge is 2.13. The fourth-order valence-corrected chi connectivity index (χ4v) is 1.58. The Hall–Kier alpha value is -2.03. The molecule has 94 valence electrons. The number of ether oxygens (including phenoxy) is 1. The molecule has 2 rings (SSSR count). The van der Waals surface area contributed by atoms with Crippen molar-refractivity contribution in [2.24, 2.45) is 0 Å². The van der Waals surface area contributed by atoms with E-state index in [0.29, 0.717) is 17.3 Å². The van der Waals surface area contributed by atoms with Crippen LogP contribution in [-0.2, 0) is 5.41 Å². The number of nitrogen functional groups attached to an aromatic ring is 1. The molecular formula is C15H18N2O. The number of nitrogens with two attached hydrogens (primary N) is 1. The predicted molar refractivity (Wildman–Crippen MR) is 73.9 cm³/mol. The summed E-state index contributed by atoms with van der Waals surface area (Å²) in [6, 6.07) is 11.2. The zero-order valence-corrected chi connectivity index (χ0v) is 11.0. The molecule has 0 radical (unpaired) electrons. The van der Waals surface area contributed by atoms with Crippen LogP contribution in [0.25, 0.3) is 0 Å². The second-order valence-electron chi connectivity index (χ2n) is 5.31. The summed E-state index contributed by atoms with van der Waals surface area (Å²) in [7, 11) is 0. The minimum absolute atomic E-state index is 0.0999. The molecule has 2 aromatic rings. The first-order valence-corrected chi connectivity index (χ1v) is 5.95. The van der Waals surface area contributed by atoms with Crippen LogP contribution in [0.5, 0.6) is 11.6 Å². The summed E-state index contributed by atoms with van der Waals surface area (Å²) in [4.78, 5) is 4.31. The molecule has 0 aliphatic carbocycles. The Morgan fingerprint density at radius 2 is 1.89 bits per heavy atom. The first-order chi connectivity index (χ1) is 8.45. The van der Waals surface area contributed by atoms with Crippen LogP contribution < -0.4 is 10.5 Å². The Morgan fingerprint density at radius 1 is 1.11 bits per heavy atom. The molecule has 0 amide bonds. The summed E-state index contributed by atoms with van der Waals surface area (Å²) in [5.41, 5.74) is 7.66. The van der Waals surface area contributed by atoms with Gasteiger partial charge in [-0.25, -0.2) is 4.98 Å². The van der Waals surface area contributed by atoms with Gasteiger partial charge < -0.3 is 10.5 Å². The first kappa shape index (κ1) is 12.4. The highest BCUT2D eigenvalue weighted by atomic mass is 16.5. The molecule has 0 unspecified atom stereocenters. The van der Waals surface area contributed by atoms with E-state index in [9.17, 15) is 0 Å². The first-order valence-electron chi connectivity index (χ1n) is 5.95. The Labute approximate surface area is 108 Å². The van der Waals surface area contributed by atoms with E-state index in [4.69, 9.17) is 10.5 Å². The molecule has 0 fully saturated rings. The van der Waals surface area contributed by atoms with Crippen molar-refractivity contribution in [1.82, 2.24) is 4.98 Å². The summed E-state index contributed by atoms with van der Waals surface area (Å²) in [5, 5.41) is 0. The molecule has 1 aromatic carbocycles. The van der Waals surface area contributed by atoms with Gasteiger partial charge in [-0.05, 0) is 23.1 Å². The molecule has 0 spiro atoms. The van der Waals surface area contributed by atoms with E-state index in [1.807, 2.05) is 36.5 Å². The molecule has 2 N–H and O–H groups in total. The summed E-state index contributed by atoms with van der Waals surface area (Å²) in [5.74, 6) is 1.28. The molecule has 0 aliphatic rings. The average molecular weight is 242 g/mol. The van der Waals surface area contributed by atoms with Crippen LogP contribution in [0.1, 0.15) is 26.3 Å². The maximum atomic E-state index is 5.69. The molecule has 3 nitrogen and oxygen atoms in total. The van der Waals surface area contributed by atoms with Gasteiger partial charge in [-0.2, -0.15) is 0 Å². The molecule has 18 heavy (non-hydrogen) atoms.